The zero-order valence-corrected chi connectivity index (χ0v) is 17.1. The Morgan fingerprint density at radius 2 is 1.74 bits per heavy atom. The highest BCUT2D eigenvalue weighted by Crippen LogP contribution is 2.38. The van der Waals surface area contributed by atoms with Gasteiger partial charge in [0, 0.05) is 17.2 Å². The largest absolute Gasteiger partial charge is 0.454 e. The monoisotopic (exact) mass is 448 g/mol. The van der Waals surface area contributed by atoms with Crippen LogP contribution >= 0.6 is 11.3 Å². The predicted octanol–water partition coefficient (Wildman–Crippen LogP) is 5.32. The third-order valence-corrected chi connectivity index (χ3v) is 5.81. The second-order valence-corrected chi connectivity index (χ2v) is 7.77. The number of rotatable bonds is 4. The molecule has 2 aromatic carbocycles. The molecule has 31 heavy (non-hydrogen) atoms. The van der Waals surface area contributed by atoms with Gasteiger partial charge in [-0.2, -0.15) is 13.2 Å². The molecule has 0 saturated carbocycles. The Labute approximate surface area is 178 Å². The second kappa shape index (κ2) is 7.69. The van der Waals surface area contributed by atoms with Crippen molar-refractivity contribution in [1.82, 2.24) is 4.98 Å². The van der Waals surface area contributed by atoms with Gasteiger partial charge < -0.3 is 14.8 Å². The van der Waals surface area contributed by atoms with Crippen molar-refractivity contribution in [1.29, 1.82) is 0 Å². The van der Waals surface area contributed by atoms with Crippen LogP contribution in [0.2, 0.25) is 0 Å². The maximum Gasteiger partial charge on any atom is 0.416 e. The molecule has 0 saturated heterocycles. The molecule has 160 valence electrons. The van der Waals surface area contributed by atoms with Crippen LogP contribution in [0.1, 0.15) is 38.2 Å². The Hall–Kier alpha value is -3.40. The van der Waals surface area contributed by atoms with Crippen molar-refractivity contribution >= 4 is 28.7 Å². The summed E-state index contributed by atoms with van der Waals surface area (Å²) >= 11 is 1.05. The first-order valence-electron chi connectivity index (χ1n) is 9.04. The van der Waals surface area contributed by atoms with Gasteiger partial charge in [0.05, 0.1) is 16.9 Å². The van der Waals surface area contributed by atoms with E-state index >= 15 is 0 Å². The SMILES string of the molecule is CC(=O)c1cc2c(cc1NC(=O)c1sc(-c3ccc(C(F)(F)F)cc3)nc1C)OCO2. The molecule has 0 unspecified atom stereocenters. The quantitative estimate of drug-likeness (QED) is 0.547. The summed E-state index contributed by atoms with van der Waals surface area (Å²) in [5, 5.41) is 3.11. The van der Waals surface area contributed by atoms with E-state index in [2.05, 4.69) is 10.3 Å². The van der Waals surface area contributed by atoms with Gasteiger partial charge in [0.25, 0.3) is 5.91 Å². The summed E-state index contributed by atoms with van der Waals surface area (Å²) in [6.45, 7) is 3.02. The van der Waals surface area contributed by atoms with Gasteiger partial charge in [0.2, 0.25) is 6.79 Å². The zero-order valence-electron chi connectivity index (χ0n) is 16.3. The molecule has 1 N–H and O–H groups in total. The van der Waals surface area contributed by atoms with E-state index < -0.39 is 17.6 Å². The van der Waals surface area contributed by atoms with Crippen LogP contribution in [0.25, 0.3) is 10.6 Å². The number of aryl methyl sites for hydroxylation is 1. The Morgan fingerprint density at radius 1 is 1.10 bits per heavy atom. The first kappa shape index (κ1) is 20.9. The van der Waals surface area contributed by atoms with Crippen molar-refractivity contribution in [3.05, 3.63) is 58.1 Å². The highest BCUT2D eigenvalue weighted by atomic mass is 32.1. The molecule has 1 aliphatic rings. The summed E-state index contributed by atoms with van der Waals surface area (Å²) in [5.41, 5.74) is 0.658. The standard InChI is InChI=1S/C21H15F3N2O4S/c1-10-18(31-20(25-10)12-3-5-13(6-4-12)21(22,23)24)19(28)26-15-8-17-16(29-9-30-17)7-14(15)11(2)27/h3-8H,9H2,1-2H3,(H,26,28). The van der Waals surface area contributed by atoms with Gasteiger partial charge in [-0.25, -0.2) is 4.98 Å². The molecule has 10 heteroatoms. The number of Topliss-reactive ketones (excluding diaryl/α,β-unsaturated/α-hetero) is 1. The zero-order chi connectivity index (χ0) is 22.3. The Balaban J connectivity index is 1.61. The Morgan fingerprint density at radius 3 is 2.35 bits per heavy atom. The number of anilines is 1. The molecule has 4 rings (SSSR count). The van der Waals surface area contributed by atoms with Gasteiger partial charge in [0.1, 0.15) is 9.88 Å². The van der Waals surface area contributed by atoms with Gasteiger partial charge in [-0.3, -0.25) is 9.59 Å². The minimum atomic E-state index is -4.43. The van der Waals surface area contributed by atoms with Crippen LogP contribution in [0.3, 0.4) is 0 Å². The van der Waals surface area contributed by atoms with E-state index in [9.17, 15) is 22.8 Å². The molecule has 0 radical (unpaired) electrons. The minimum absolute atomic E-state index is 0.0223. The molecule has 0 bridgehead atoms. The van der Waals surface area contributed by atoms with Gasteiger partial charge in [-0.1, -0.05) is 12.1 Å². The number of nitrogens with zero attached hydrogens (tertiary/aromatic N) is 1. The summed E-state index contributed by atoms with van der Waals surface area (Å²) in [4.78, 5) is 29.5. The summed E-state index contributed by atoms with van der Waals surface area (Å²) in [6, 6.07) is 7.59. The fraction of sp³-hybridized carbons (Fsp3) is 0.190. The number of benzene rings is 2. The van der Waals surface area contributed by atoms with E-state index in [-0.39, 0.29) is 28.7 Å². The molecule has 0 aliphatic carbocycles. The van der Waals surface area contributed by atoms with E-state index in [0.717, 1.165) is 23.5 Å². The van der Waals surface area contributed by atoms with E-state index in [1.807, 2.05) is 0 Å². The van der Waals surface area contributed by atoms with Crippen LogP contribution in [0, 0.1) is 6.92 Å². The average Bonchev–Trinajstić information content (AvgIpc) is 3.32. The van der Waals surface area contributed by atoms with E-state index in [4.69, 9.17) is 9.47 Å². The van der Waals surface area contributed by atoms with Crippen LogP contribution < -0.4 is 14.8 Å². The number of alkyl halides is 3. The van der Waals surface area contributed by atoms with Crippen molar-refractivity contribution < 1.29 is 32.2 Å². The van der Waals surface area contributed by atoms with Crippen LogP contribution in [0.15, 0.2) is 36.4 Å². The highest BCUT2D eigenvalue weighted by Gasteiger charge is 2.30. The van der Waals surface area contributed by atoms with Crippen molar-refractivity contribution in [2.24, 2.45) is 0 Å². The number of hydrogen-bond acceptors (Lipinski definition) is 6. The lowest BCUT2D eigenvalue weighted by Gasteiger charge is -2.10. The molecule has 0 atom stereocenters. The summed E-state index contributed by atoms with van der Waals surface area (Å²) in [5.74, 6) is 0.0723. The van der Waals surface area contributed by atoms with Gasteiger partial charge in [-0.15, -0.1) is 11.3 Å². The van der Waals surface area contributed by atoms with E-state index in [1.165, 1.54) is 31.2 Å². The fourth-order valence-electron chi connectivity index (χ4n) is 3.05. The average molecular weight is 448 g/mol. The summed E-state index contributed by atoms with van der Waals surface area (Å²) in [7, 11) is 0. The normalized spacial score (nSPS) is 12.7. The minimum Gasteiger partial charge on any atom is -0.454 e. The molecule has 1 amide bonds. The second-order valence-electron chi connectivity index (χ2n) is 6.77. The molecule has 0 spiro atoms. The molecule has 1 aliphatic heterocycles. The number of amides is 1. The van der Waals surface area contributed by atoms with Crippen molar-refractivity contribution in [2.45, 2.75) is 20.0 Å². The third-order valence-electron chi connectivity index (χ3n) is 4.60. The van der Waals surface area contributed by atoms with E-state index in [1.54, 1.807) is 6.92 Å². The van der Waals surface area contributed by atoms with Gasteiger partial charge >= 0.3 is 6.18 Å². The molecular formula is C21H15F3N2O4S. The number of nitrogens with one attached hydrogen (secondary N) is 1. The van der Waals surface area contributed by atoms with Crippen molar-refractivity contribution in [3.8, 4) is 22.1 Å². The molecule has 1 aromatic heterocycles. The molecular weight excluding hydrogens is 433 g/mol. The molecule has 6 nitrogen and oxygen atoms in total. The van der Waals surface area contributed by atoms with Crippen LogP contribution in [-0.2, 0) is 6.18 Å². The van der Waals surface area contributed by atoms with Crippen LogP contribution in [-0.4, -0.2) is 23.5 Å². The van der Waals surface area contributed by atoms with Gasteiger partial charge in [0.15, 0.2) is 17.3 Å². The fourth-order valence-corrected chi connectivity index (χ4v) is 4.02. The lowest BCUT2D eigenvalue weighted by atomic mass is 10.1. The van der Waals surface area contributed by atoms with Gasteiger partial charge in [-0.05, 0) is 32.0 Å². The number of ketones is 1. The lowest BCUT2D eigenvalue weighted by Crippen LogP contribution is -2.14. The molecule has 3 aromatic rings. The topological polar surface area (TPSA) is 77.5 Å². The Kier molecular flexibility index (Phi) is 5.18. The smallest absolute Gasteiger partial charge is 0.416 e. The lowest BCUT2D eigenvalue weighted by molar-refractivity contribution is -0.137. The highest BCUT2D eigenvalue weighted by molar-refractivity contribution is 7.17. The number of carbonyl (C=O) groups is 2. The maximum absolute atomic E-state index is 12.9. The number of fused-ring (bicyclic) bond motifs is 1. The first-order valence-corrected chi connectivity index (χ1v) is 9.86. The number of thiazole rings is 1. The maximum atomic E-state index is 12.9. The third kappa shape index (κ3) is 4.11. The first-order chi connectivity index (χ1) is 14.6. The van der Waals surface area contributed by atoms with Crippen molar-refractivity contribution in [3.63, 3.8) is 0 Å². The van der Waals surface area contributed by atoms with E-state index in [0.29, 0.717) is 27.8 Å². The number of ether oxygens (including phenoxy) is 2. The predicted molar refractivity (Wildman–Crippen MR) is 108 cm³/mol. The van der Waals surface area contributed by atoms with Crippen LogP contribution in [0.5, 0.6) is 11.5 Å². The number of aromatic nitrogens is 1. The number of hydrogen-bond donors (Lipinski definition) is 1. The van der Waals surface area contributed by atoms with Crippen LogP contribution in [0.4, 0.5) is 18.9 Å². The molecule has 0 fully saturated rings. The number of carbonyl (C=O) groups excluding carboxylic acids is 2. The molecule has 2 heterocycles. The summed E-state index contributed by atoms with van der Waals surface area (Å²) in [6.07, 6.45) is -4.43. The van der Waals surface area contributed by atoms with Crippen molar-refractivity contribution in [2.75, 3.05) is 12.1 Å². The summed E-state index contributed by atoms with van der Waals surface area (Å²) < 4.78 is 48.9. The number of halogens is 3. The Bertz CT molecular complexity index is 1190.